The molecule has 0 aliphatic heterocycles. The summed E-state index contributed by atoms with van der Waals surface area (Å²) < 4.78 is 42.2. The maximum Gasteiger partial charge on any atom is 0.411 e. The van der Waals surface area contributed by atoms with Gasteiger partial charge in [0.25, 0.3) is 5.56 Å². The van der Waals surface area contributed by atoms with Gasteiger partial charge in [-0.3, -0.25) is 9.36 Å². The summed E-state index contributed by atoms with van der Waals surface area (Å²) in [6.45, 7) is 2.58. The number of aromatic nitrogens is 2. The van der Waals surface area contributed by atoms with E-state index in [1.165, 1.54) is 11.8 Å². The Hall–Kier alpha value is -1.54. The van der Waals surface area contributed by atoms with Crippen LogP contribution in [0.2, 0.25) is 0 Å². The largest absolute Gasteiger partial charge is 0.411 e. The molecule has 0 saturated carbocycles. The van der Waals surface area contributed by atoms with Crippen LogP contribution in [-0.4, -0.2) is 34.7 Å². The van der Waals surface area contributed by atoms with Gasteiger partial charge >= 0.3 is 6.18 Å². The molecular formula is C16H19F3N2O2S. The highest BCUT2D eigenvalue weighted by Crippen LogP contribution is 2.21. The normalized spacial score (nSPS) is 12.2. The average molecular weight is 360 g/mol. The average Bonchev–Trinajstić information content (AvgIpc) is 2.49. The molecule has 0 fully saturated rings. The fourth-order valence-electron chi connectivity index (χ4n) is 2.20. The number of nitrogens with zero attached hydrogens (tertiary/aromatic N) is 2. The zero-order valence-corrected chi connectivity index (χ0v) is 14.3. The highest BCUT2D eigenvalue weighted by molar-refractivity contribution is 7.99. The van der Waals surface area contributed by atoms with Gasteiger partial charge in [-0.25, -0.2) is 4.98 Å². The first kappa shape index (κ1) is 18.8. The second-order valence-corrected chi connectivity index (χ2v) is 6.61. The van der Waals surface area contributed by atoms with Crippen LogP contribution >= 0.6 is 11.8 Å². The maximum atomic E-state index is 12.6. The van der Waals surface area contributed by atoms with E-state index < -0.39 is 12.8 Å². The molecule has 0 atom stereocenters. The van der Waals surface area contributed by atoms with Crippen molar-refractivity contribution in [2.45, 2.75) is 37.6 Å². The summed E-state index contributed by atoms with van der Waals surface area (Å²) in [6, 6.07) is 7.06. The molecule has 1 heterocycles. The van der Waals surface area contributed by atoms with E-state index >= 15 is 0 Å². The van der Waals surface area contributed by atoms with E-state index in [-0.39, 0.29) is 18.2 Å². The second-order valence-electron chi connectivity index (χ2n) is 5.55. The first-order valence-electron chi connectivity index (χ1n) is 7.58. The van der Waals surface area contributed by atoms with Gasteiger partial charge in [0.05, 0.1) is 10.9 Å². The third-order valence-electron chi connectivity index (χ3n) is 3.22. The first-order valence-corrected chi connectivity index (χ1v) is 8.57. The van der Waals surface area contributed by atoms with Crippen LogP contribution in [0.3, 0.4) is 0 Å². The summed E-state index contributed by atoms with van der Waals surface area (Å²) in [6.07, 6.45) is -3.85. The summed E-state index contributed by atoms with van der Waals surface area (Å²) in [5, 5.41) is 1.13. The van der Waals surface area contributed by atoms with Gasteiger partial charge in [-0.1, -0.05) is 23.9 Å². The minimum absolute atomic E-state index is 0.0198. The fourth-order valence-corrected chi connectivity index (χ4v) is 3.24. The van der Waals surface area contributed by atoms with E-state index in [2.05, 4.69) is 9.72 Å². The lowest BCUT2D eigenvalue weighted by molar-refractivity contribution is -0.173. The third kappa shape index (κ3) is 4.98. The molecule has 0 bridgehead atoms. The summed E-state index contributed by atoms with van der Waals surface area (Å²) in [5.74, 6) is 0.523. The van der Waals surface area contributed by atoms with Crippen molar-refractivity contribution in [3.05, 3.63) is 34.6 Å². The van der Waals surface area contributed by atoms with Crippen LogP contribution in [0.4, 0.5) is 13.2 Å². The smallest absolute Gasteiger partial charge is 0.372 e. The quantitative estimate of drug-likeness (QED) is 0.425. The predicted octanol–water partition coefficient (Wildman–Crippen LogP) is 4.04. The number of fused-ring (bicyclic) bond motifs is 1. The standard InChI is InChI=1S/C16H19F3N2O2S/c1-11(2)21-14(22)12-6-3-4-7-13(12)20-15(21)24-9-5-8-23-10-16(17,18)19/h3-4,6-7,11H,5,8-10H2,1-2H3. The van der Waals surface area contributed by atoms with E-state index in [0.717, 1.165) is 0 Å². The Balaban J connectivity index is 2.05. The molecular weight excluding hydrogens is 341 g/mol. The number of para-hydroxylation sites is 1. The SMILES string of the molecule is CC(C)n1c(SCCCOCC(F)(F)F)nc2ccccc2c1=O. The number of halogens is 3. The highest BCUT2D eigenvalue weighted by Gasteiger charge is 2.27. The van der Waals surface area contributed by atoms with Gasteiger partial charge in [-0.2, -0.15) is 13.2 Å². The van der Waals surface area contributed by atoms with Crippen LogP contribution in [0.5, 0.6) is 0 Å². The third-order valence-corrected chi connectivity index (χ3v) is 4.26. The lowest BCUT2D eigenvalue weighted by atomic mass is 10.2. The lowest BCUT2D eigenvalue weighted by Crippen LogP contribution is -2.25. The van der Waals surface area contributed by atoms with Crippen LogP contribution < -0.4 is 5.56 Å². The molecule has 0 saturated heterocycles. The summed E-state index contributed by atoms with van der Waals surface area (Å²) in [5.41, 5.74) is 0.515. The molecule has 0 aliphatic carbocycles. The lowest BCUT2D eigenvalue weighted by Gasteiger charge is -2.16. The van der Waals surface area contributed by atoms with Crippen molar-refractivity contribution >= 4 is 22.7 Å². The number of alkyl halides is 3. The summed E-state index contributed by atoms with van der Waals surface area (Å²) in [4.78, 5) is 17.1. The van der Waals surface area contributed by atoms with Crippen molar-refractivity contribution in [1.82, 2.24) is 9.55 Å². The van der Waals surface area contributed by atoms with Crippen LogP contribution in [0.25, 0.3) is 10.9 Å². The fraction of sp³-hybridized carbons (Fsp3) is 0.500. The Morgan fingerprint density at radius 3 is 2.67 bits per heavy atom. The number of rotatable bonds is 7. The molecule has 132 valence electrons. The summed E-state index contributed by atoms with van der Waals surface area (Å²) in [7, 11) is 0. The number of hydrogen-bond acceptors (Lipinski definition) is 4. The molecule has 0 amide bonds. The Bertz CT molecular complexity index is 744. The Kier molecular flexibility index (Phi) is 6.28. The molecule has 0 aliphatic rings. The van der Waals surface area contributed by atoms with Crippen LogP contribution in [0.15, 0.2) is 34.2 Å². The zero-order chi connectivity index (χ0) is 17.7. The van der Waals surface area contributed by atoms with Crippen LogP contribution in [0.1, 0.15) is 26.3 Å². The number of benzene rings is 1. The highest BCUT2D eigenvalue weighted by atomic mass is 32.2. The van der Waals surface area contributed by atoms with Crippen molar-refractivity contribution in [3.8, 4) is 0 Å². The molecule has 2 rings (SSSR count). The Morgan fingerprint density at radius 2 is 2.00 bits per heavy atom. The van der Waals surface area contributed by atoms with Gasteiger partial charge in [0.2, 0.25) is 0 Å². The predicted molar refractivity (Wildman–Crippen MR) is 88.6 cm³/mol. The number of ether oxygens (including phenoxy) is 1. The maximum absolute atomic E-state index is 12.6. The van der Waals surface area contributed by atoms with E-state index in [1.807, 2.05) is 19.9 Å². The van der Waals surface area contributed by atoms with E-state index in [1.54, 1.807) is 22.8 Å². The minimum atomic E-state index is -4.30. The van der Waals surface area contributed by atoms with Gasteiger partial charge in [-0.15, -0.1) is 0 Å². The molecule has 8 heteroatoms. The Morgan fingerprint density at radius 1 is 1.29 bits per heavy atom. The van der Waals surface area contributed by atoms with E-state index in [0.29, 0.717) is 28.2 Å². The zero-order valence-electron chi connectivity index (χ0n) is 13.5. The van der Waals surface area contributed by atoms with Crippen molar-refractivity contribution in [2.24, 2.45) is 0 Å². The monoisotopic (exact) mass is 360 g/mol. The van der Waals surface area contributed by atoms with Gasteiger partial charge in [0, 0.05) is 18.4 Å². The molecule has 0 unspecified atom stereocenters. The van der Waals surface area contributed by atoms with Gasteiger partial charge in [-0.05, 0) is 32.4 Å². The number of hydrogen-bond donors (Lipinski definition) is 0. The molecule has 24 heavy (non-hydrogen) atoms. The van der Waals surface area contributed by atoms with Gasteiger partial charge < -0.3 is 4.74 Å². The molecule has 1 aromatic carbocycles. The second kappa shape index (κ2) is 8.02. The van der Waals surface area contributed by atoms with Crippen LogP contribution in [-0.2, 0) is 4.74 Å². The molecule has 4 nitrogen and oxygen atoms in total. The molecule has 0 spiro atoms. The minimum Gasteiger partial charge on any atom is -0.372 e. The van der Waals surface area contributed by atoms with E-state index in [4.69, 9.17) is 0 Å². The van der Waals surface area contributed by atoms with Gasteiger partial charge in [0.1, 0.15) is 6.61 Å². The van der Waals surface area contributed by atoms with E-state index in [9.17, 15) is 18.0 Å². The van der Waals surface area contributed by atoms with Crippen molar-refractivity contribution in [3.63, 3.8) is 0 Å². The van der Waals surface area contributed by atoms with Crippen molar-refractivity contribution < 1.29 is 17.9 Å². The number of thioether (sulfide) groups is 1. The molecule has 0 radical (unpaired) electrons. The molecule has 0 N–H and O–H groups in total. The van der Waals surface area contributed by atoms with Crippen molar-refractivity contribution in [2.75, 3.05) is 19.0 Å². The van der Waals surface area contributed by atoms with Crippen LogP contribution in [0, 0.1) is 0 Å². The Labute approximate surface area is 142 Å². The molecule has 1 aromatic heterocycles. The molecule has 2 aromatic rings. The topological polar surface area (TPSA) is 44.1 Å². The van der Waals surface area contributed by atoms with Gasteiger partial charge in [0.15, 0.2) is 5.16 Å². The summed E-state index contributed by atoms with van der Waals surface area (Å²) >= 11 is 1.35. The first-order chi connectivity index (χ1) is 11.3. The van der Waals surface area contributed by atoms with Crippen molar-refractivity contribution in [1.29, 1.82) is 0 Å².